The van der Waals surface area contributed by atoms with E-state index in [1.54, 1.807) is 7.11 Å². The molecule has 2 aromatic carbocycles. The van der Waals surface area contributed by atoms with Gasteiger partial charge >= 0.3 is 0 Å². The van der Waals surface area contributed by atoms with Crippen LogP contribution in [-0.4, -0.2) is 22.1 Å². The molecule has 28 heavy (non-hydrogen) atoms. The quantitative estimate of drug-likeness (QED) is 0.576. The van der Waals surface area contributed by atoms with E-state index in [1.807, 2.05) is 55.5 Å². The maximum absolute atomic E-state index is 5.84. The van der Waals surface area contributed by atoms with Gasteiger partial charge in [-0.25, -0.2) is 0 Å². The largest absolute Gasteiger partial charge is 0.493 e. The van der Waals surface area contributed by atoms with Crippen LogP contribution in [0.1, 0.15) is 17.0 Å². The van der Waals surface area contributed by atoms with Crippen molar-refractivity contribution in [2.75, 3.05) is 18.2 Å². The number of allylic oxidation sites excluding steroid dienone is 1. The van der Waals surface area contributed by atoms with Crippen LogP contribution >= 0.6 is 0 Å². The second-order valence-electron chi connectivity index (χ2n) is 6.19. The Morgan fingerprint density at radius 2 is 1.86 bits per heavy atom. The highest BCUT2D eigenvalue weighted by Crippen LogP contribution is 2.29. The molecule has 0 saturated carbocycles. The van der Waals surface area contributed by atoms with E-state index in [-0.39, 0.29) is 12.6 Å². The van der Waals surface area contributed by atoms with Crippen LogP contribution in [0.5, 0.6) is 11.5 Å². The van der Waals surface area contributed by atoms with E-state index in [2.05, 4.69) is 26.8 Å². The Labute approximate surface area is 164 Å². The summed E-state index contributed by atoms with van der Waals surface area (Å²) in [6, 6.07) is 13.6. The fourth-order valence-corrected chi connectivity index (χ4v) is 2.59. The molecule has 0 fully saturated rings. The zero-order valence-corrected chi connectivity index (χ0v) is 16.0. The predicted molar refractivity (Wildman–Crippen MR) is 110 cm³/mol. The molecular weight excluding hydrogens is 354 g/mol. The lowest BCUT2D eigenvalue weighted by Crippen LogP contribution is -2.09. The van der Waals surface area contributed by atoms with Gasteiger partial charge in [-0.3, -0.25) is 0 Å². The molecule has 144 valence electrons. The summed E-state index contributed by atoms with van der Waals surface area (Å²) in [4.78, 5) is 12.6. The second kappa shape index (κ2) is 8.85. The number of rotatable bonds is 8. The lowest BCUT2D eigenvalue weighted by atomic mass is 10.1. The van der Waals surface area contributed by atoms with Crippen LogP contribution < -0.4 is 20.5 Å². The van der Waals surface area contributed by atoms with Gasteiger partial charge in [-0.15, -0.1) is 6.58 Å². The van der Waals surface area contributed by atoms with Gasteiger partial charge in [-0.2, -0.15) is 15.0 Å². The Kier molecular flexibility index (Phi) is 6.06. The molecule has 1 heterocycles. The molecule has 0 amide bonds. The Morgan fingerprint density at radius 3 is 2.57 bits per heavy atom. The average molecular weight is 377 g/mol. The minimum atomic E-state index is 0.122. The molecule has 0 aliphatic heterocycles. The summed E-state index contributed by atoms with van der Waals surface area (Å²) in [6.07, 6.45) is 2.60. The van der Waals surface area contributed by atoms with Crippen molar-refractivity contribution >= 4 is 17.6 Å². The van der Waals surface area contributed by atoms with Crippen molar-refractivity contribution in [1.82, 2.24) is 15.0 Å². The molecule has 0 aliphatic carbocycles. The number of nitrogens with one attached hydrogen (secondary N) is 1. The van der Waals surface area contributed by atoms with Crippen LogP contribution in [0, 0.1) is 6.92 Å². The molecule has 3 rings (SSSR count). The molecule has 1 aromatic heterocycles. The second-order valence-corrected chi connectivity index (χ2v) is 6.19. The minimum Gasteiger partial charge on any atom is -0.493 e. The third kappa shape index (κ3) is 4.97. The first-order valence-corrected chi connectivity index (χ1v) is 8.82. The molecule has 7 nitrogen and oxygen atoms in total. The third-order valence-electron chi connectivity index (χ3n) is 3.97. The van der Waals surface area contributed by atoms with E-state index in [0.29, 0.717) is 23.3 Å². The smallest absolute Gasteiger partial charge is 0.232 e. The number of nitrogen functional groups attached to an aromatic ring is 1. The molecule has 0 spiro atoms. The van der Waals surface area contributed by atoms with Crippen molar-refractivity contribution in [3.63, 3.8) is 0 Å². The first-order valence-electron chi connectivity index (χ1n) is 8.82. The van der Waals surface area contributed by atoms with Crippen molar-refractivity contribution in [2.45, 2.75) is 20.0 Å². The van der Waals surface area contributed by atoms with Gasteiger partial charge in [0, 0.05) is 5.69 Å². The van der Waals surface area contributed by atoms with Crippen molar-refractivity contribution in [3.05, 3.63) is 72.1 Å². The van der Waals surface area contributed by atoms with E-state index in [9.17, 15) is 0 Å². The lowest BCUT2D eigenvalue weighted by molar-refractivity contribution is 0.276. The Balaban J connectivity index is 1.73. The minimum absolute atomic E-state index is 0.122. The highest BCUT2D eigenvalue weighted by Gasteiger charge is 2.09. The van der Waals surface area contributed by atoms with Crippen LogP contribution in [0.3, 0.4) is 0 Å². The maximum atomic E-state index is 5.84. The highest BCUT2D eigenvalue weighted by molar-refractivity contribution is 5.54. The van der Waals surface area contributed by atoms with Gasteiger partial charge in [0.1, 0.15) is 6.61 Å². The molecular formula is C21H23N5O2. The zero-order chi connectivity index (χ0) is 19.9. The summed E-state index contributed by atoms with van der Waals surface area (Å²) < 4.78 is 11.2. The van der Waals surface area contributed by atoms with Gasteiger partial charge in [-0.05, 0) is 43.2 Å². The maximum Gasteiger partial charge on any atom is 0.232 e. The molecule has 0 unspecified atom stereocenters. The van der Waals surface area contributed by atoms with Gasteiger partial charge in [0.2, 0.25) is 11.9 Å². The number of hydrogen-bond acceptors (Lipinski definition) is 7. The summed E-state index contributed by atoms with van der Waals surface area (Å²) in [5.74, 6) is 2.14. The summed E-state index contributed by atoms with van der Waals surface area (Å²) >= 11 is 0. The van der Waals surface area contributed by atoms with Gasteiger partial charge in [0.25, 0.3) is 0 Å². The van der Waals surface area contributed by atoms with E-state index >= 15 is 0 Å². The Bertz CT molecular complexity index is 958. The number of aryl methyl sites for hydroxylation is 1. The Morgan fingerprint density at radius 1 is 1.07 bits per heavy atom. The number of aromatic nitrogens is 3. The van der Waals surface area contributed by atoms with Gasteiger partial charge in [0.05, 0.1) is 7.11 Å². The SMILES string of the molecule is C=CCc1ccc(OCc2nc(N)nc(Nc3ccc(C)cc3)n2)c(OC)c1. The van der Waals surface area contributed by atoms with E-state index in [1.165, 1.54) is 5.56 Å². The zero-order valence-electron chi connectivity index (χ0n) is 16.0. The Hall–Kier alpha value is -3.61. The number of nitrogens with zero attached hydrogens (tertiary/aromatic N) is 3. The molecule has 0 aliphatic rings. The number of benzene rings is 2. The van der Waals surface area contributed by atoms with Crippen LogP contribution in [0.15, 0.2) is 55.1 Å². The van der Waals surface area contributed by atoms with E-state index < -0.39 is 0 Å². The fraction of sp³-hybridized carbons (Fsp3) is 0.190. The summed E-state index contributed by atoms with van der Waals surface area (Å²) in [5, 5.41) is 3.12. The predicted octanol–water partition coefficient (Wildman–Crippen LogP) is 3.82. The van der Waals surface area contributed by atoms with Crippen molar-refractivity contribution in [3.8, 4) is 11.5 Å². The fourth-order valence-electron chi connectivity index (χ4n) is 2.59. The monoisotopic (exact) mass is 377 g/mol. The van der Waals surface area contributed by atoms with Crippen LogP contribution in [-0.2, 0) is 13.0 Å². The van der Waals surface area contributed by atoms with E-state index in [4.69, 9.17) is 15.2 Å². The van der Waals surface area contributed by atoms with Crippen LogP contribution in [0.2, 0.25) is 0 Å². The van der Waals surface area contributed by atoms with Gasteiger partial charge < -0.3 is 20.5 Å². The normalized spacial score (nSPS) is 10.4. The van der Waals surface area contributed by atoms with Crippen molar-refractivity contribution < 1.29 is 9.47 Å². The molecule has 0 saturated heterocycles. The molecule has 0 radical (unpaired) electrons. The number of anilines is 3. The standard InChI is InChI=1S/C21H23N5O2/c1-4-5-15-8-11-17(18(12-15)27-3)28-13-19-24-20(22)26-21(25-19)23-16-9-6-14(2)7-10-16/h4,6-12H,1,5,13H2,2-3H3,(H3,22,23,24,25,26). The number of methoxy groups -OCH3 is 1. The van der Waals surface area contributed by atoms with Gasteiger partial charge in [0.15, 0.2) is 17.3 Å². The molecule has 3 N–H and O–H groups in total. The molecule has 7 heteroatoms. The molecule has 0 bridgehead atoms. The molecule has 3 aromatic rings. The van der Waals surface area contributed by atoms with Gasteiger partial charge in [-0.1, -0.05) is 29.8 Å². The van der Waals surface area contributed by atoms with Crippen LogP contribution in [0.4, 0.5) is 17.6 Å². The number of hydrogen-bond donors (Lipinski definition) is 2. The summed E-state index contributed by atoms with van der Waals surface area (Å²) in [5.41, 5.74) is 8.95. The summed E-state index contributed by atoms with van der Waals surface area (Å²) in [6.45, 7) is 5.91. The van der Waals surface area contributed by atoms with Crippen LogP contribution in [0.25, 0.3) is 0 Å². The first-order chi connectivity index (χ1) is 13.6. The highest BCUT2D eigenvalue weighted by atomic mass is 16.5. The lowest BCUT2D eigenvalue weighted by Gasteiger charge is -2.12. The summed E-state index contributed by atoms with van der Waals surface area (Å²) in [7, 11) is 1.60. The van der Waals surface area contributed by atoms with E-state index in [0.717, 1.165) is 17.7 Å². The topological polar surface area (TPSA) is 95.2 Å². The molecule has 0 atom stereocenters. The number of ether oxygens (including phenoxy) is 2. The third-order valence-corrected chi connectivity index (χ3v) is 3.97. The van der Waals surface area contributed by atoms with Crippen molar-refractivity contribution in [1.29, 1.82) is 0 Å². The van der Waals surface area contributed by atoms with Crippen molar-refractivity contribution in [2.24, 2.45) is 0 Å². The first kappa shape index (κ1) is 19.2. The number of nitrogens with two attached hydrogens (primary N) is 1. The average Bonchev–Trinajstić information content (AvgIpc) is 2.68.